The van der Waals surface area contributed by atoms with Crippen LogP contribution in [0.4, 0.5) is 4.39 Å². The van der Waals surface area contributed by atoms with E-state index >= 15 is 0 Å². The van der Waals surface area contributed by atoms with E-state index in [1.807, 2.05) is 24.3 Å². The van der Waals surface area contributed by atoms with Gasteiger partial charge in [0.15, 0.2) is 0 Å². The quantitative estimate of drug-likeness (QED) is 0.877. The van der Waals surface area contributed by atoms with E-state index in [-0.39, 0.29) is 11.5 Å². The Kier molecular flexibility index (Phi) is 4.85. The van der Waals surface area contributed by atoms with E-state index in [2.05, 4.69) is 12.6 Å². The van der Waals surface area contributed by atoms with Crippen LogP contribution in [0.3, 0.4) is 0 Å². The van der Waals surface area contributed by atoms with Gasteiger partial charge in [0, 0.05) is 18.5 Å². The van der Waals surface area contributed by atoms with E-state index in [1.54, 1.807) is 14.2 Å². The molecule has 2 aromatic rings. The fourth-order valence-corrected chi connectivity index (χ4v) is 2.20. The summed E-state index contributed by atoms with van der Waals surface area (Å²) >= 11 is 4.14. The average Bonchev–Trinajstić information content (AvgIpc) is 2.49. The summed E-state index contributed by atoms with van der Waals surface area (Å²) in [5, 5.41) is 0. The van der Waals surface area contributed by atoms with E-state index in [9.17, 15) is 9.18 Å². The highest BCUT2D eigenvalue weighted by molar-refractivity contribution is 7.80. The largest absolute Gasteiger partial charge is 0.497 e. The van der Waals surface area contributed by atoms with Crippen LogP contribution < -0.4 is 4.74 Å². The lowest BCUT2D eigenvalue weighted by atomic mass is 10.1. The Morgan fingerprint density at radius 3 is 2.76 bits per heavy atom. The van der Waals surface area contributed by atoms with Gasteiger partial charge in [0.1, 0.15) is 11.6 Å². The van der Waals surface area contributed by atoms with Crippen LogP contribution in [0, 0.1) is 5.82 Å². The van der Waals surface area contributed by atoms with Crippen LogP contribution in [0.25, 0.3) is 0 Å². The first-order valence-corrected chi connectivity index (χ1v) is 6.83. The van der Waals surface area contributed by atoms with Crippen molar-refractivity contribution in [3.05, 3.63) is 59.4 Å². The van der Waals surface area contributed by atoms with Crippen LogP contribution >= 0.6 is 12.6 Å². The predicted molar refractivity (Wildman–Crippen MR) is 82.4 cm³/mol. The lowest BCUT2D eigenvalue weighted by Crippen LogP contribution is -2.27. The van der Waals surface area contributed by atoms with Crippen molar-refractivity contribution >= 4 is 18.5 Å². The van der Waals surface area contributed by atoms with Gasteiger partial charge in [-0.3, -0.25) is 4.79 Å². The Morgan fingerprint density at radius 1 is 1.29 bits per heavy atom. The number of methoxy groups -OCH3 is 1. The molecule has 0 spiro atoms. The number of halogens is 1. The molecule has 5 heteroatoms. The van der Waals surface area contributed by atoms with Gasteiger partial charge in [-0.2, -0.15) is 0 Å². The number of ether oxygens (including phenoxy) is 1. The van der Waals surface area contributed by atoms with Crippen LogP contribution in [0.1, 0.15) is 15.9 Å². The molecule has 2 aromatic carbocycles. The van der Waals surface area contributed by atoms with Crippen molar-refractivity contribution in [2.75, 3.05) is 14.2 Å². The second kappa shape index (κ2) is 6.63. The van der Waals surface area contributed by atoms with Crippen LogP contribution in [0.2, 0.25) is 0 Å². The van der Waals surface area contributed by atoms with Crippen LogP contribution in [0.5, 0.6) is 5.75 Å². The maximum absolute atomic E-state index is 13.7. The third-order valence-electron chi connectivity index (χ3n) is 3.08. The van der Waals surface area contributed by atoms with Gasteiger partial charge in [-0.05, 0) is 35.9 Å². The molecule has 0 bridgehead atoms. The van der Waals surface area contributed by atoms with E-state index in [0.717, 1.165) is 11.3 Å². The fraction of sp³-hybridized carbons (Fsp3) is 0.188. The van der Waals surface area contributed by atoms with Gasteiger partial charge < -0.3 is 9.64 Å². The van der Waals surface area contributed by atoms with Crippen molar-refractivity contribution in [1.29, 1.82) is 0 Å². The van der Waals surface area contributed by atoms with Crippen LogP contribution in [-0.2, 0) is 6.54 Å². The van der Waals surface area contributed by atoms with Gasteiger partial charge in [-0.1, -0.05) is 12.1 Å². The monoisotopic (exact) mass is 305 g/mol. The molecule has 0 fully saturated rings. The third-order valence-corrected chi connectivity index (χ3v) is 3.36. The summed E-state index contributed by atoms with van der Waals surface area (Å²) in [6.45, 7) is 0.367. The topological polar surface area (TPSA) is 29.5 Å². The molecule has 0 aliphatic carbocycles. The van der Waals surface area contributed by atoms with E-state index in [1.165, 1.54) is 23.1 Å². The number of carbonyl (C=O) groups is 1. The molecule has 1 amide bonds. The van der Waals surface area contributed by atoms with Crippen molar-refractivity contribution in [2.45, 2.75) is 11.4 Å². The first-order chi connectivity index (χ1) is 10.0. The minimum Gasteiger partial charge on any atom is -0.497 e. The fourth-order valence-electron chi connectivity index (χ4n) is 2.00. The molecule has 0 unspecified atom stereocenters. The van der Waals surface area contributed by atoms with Crippen molar-refractivity contribution in [3.8, 4) is 5.75 Å². The smallest absolute Gasteiger partial charge is 0.256 e. The molecule has 0 saturated heterocycles. The predicted octanol–water partition coefficient (Wildman–Crippen LogP) is 3.40. The van der Waals surface area contributed by atoms with E-state index in [4.69, 9.17) is 4.74 Å². The Bertz CT molecular complexity index is 660. The highest BCUT2D eigenvalue weighted by Crippen LogP contribution is 2.18. The van der Waals surface area contributed by atoms with Crippen molar-refractivity contribution in [3.63, 3.8) is 0 Å². The summed E-state index contributed by atoms with van der Waals surface area (Å²) in [6, 6.07) is 11.6. The Hall–Kier alpha value is -2.01. The normalized spacial score (nSPS) is 10.3. The maximum Gasteiger partial charge on any atom is 0.256 e. The molecule has 0 aromatic heterocycles. The molecule has 0 heterocycles. The summed E-state index contributed by atoms with van der Waals surface area (Å²) in [6.07, 6.45) is 0. The zero-order chi connectivity index (χ0) is 15.4. The Balaban J connectivity index is 2.17. The number of thiol groups is 1. The van der Waals surface area contributed by atoms with E-state index in [0.29, 0.717) is 11.4 Å². The maximum atomic E-state index is 13.7. The van der Waals surface area contributed by atoms with Crippen molar-refractivity contribution < 1.29 is 13.9 Å². The minimum absolute atomic E-state index is 0.0212. The molecule has 0 saturated carbocycles. The Morgan fingerprint density at radius 2 is 2.05 bits per heavy atom. The minimum atomic E-state index is -0.546. The molecule has 110 valence electrons. The number of rotatable bonds is 4. The first kappa shape index (κ1) is 15.4. The molecular formula is C16H16FNO2S. The third kappa shape index (κ3) is 3.76. The van der Waals surface area contributed by atoms with Crippen molar-refractivity contribution in [2.24, 2.45) is 0 Å². The van der Waals surface area contributed by atoms with Crippen molar-refractivity contribution in [1.82, 2.24) is 4.90 Å². The number of carbonyl (C=O) groups excluding carboxylic acids is 1. The SMILES string of the molecule is COc1cccc(CN(C)C(=O)c2cc(S)ccc2F)c1. The van der Waals surface area contributed by atoms with Gasteiger partial charge in [0.2, 0.25) is 0 Å². The average molecular weight is 305 g/mol. The highest BCUT2D eigenvalue weighted by atomic mass is 32.1. The number of hydrogen-bond donors (Lipinski definition) is 1. The van der Waals surface area contributed by atoms with Gasteiger partial charge in [0.05, 0.1) is 12.7 Å². The number of amides is 1. The summed E-state index contributed by atoms with van der Waals surface area (Å²) < 4.78 is 18.9. The van der Waals surface area contributed by atoms with Crippen LogP contribution in [-0.4, -0.2) is 25.0 Å². The zero-order valence-electron chi connectivity index (χ0n) is 11.8. The zero-order valence-corrected chi connectivity index (χ0v) is 12.7. The highest BCUT2D eigenvalue weighted by Gasteiger charge is 2.16. The lowest BCUT2D eigenvalue weighted by molar-refractivity contribution is 0.0780. The number of benzene rings is 2. The van der Waals surface area contributed by atoms with Gasteiger partial charge in [-0.15, -0.1) is 12.6 Å². The number of hydrogen-bond acceptors (Lipinski definition) is 3. The lowest BCUT2D eigenvalue weighted by Gasteiger charge is -2.18. The molecule has 3 nitrogen and oxygen atoms in total. The first-order valence-electron chi connectivity index (χ1n) is 6.38. The second-order valence-corrected chi connectivity index (χ2v) is 5.19. The van der Waals surface area contributed by atoms with E-state index < -0.39 is 5.82 Å². The molecule has 0 N–H and O–H groups in total. The van der Waals surface area contributed by atoms with Gasteiger partial charge in [-0.25, -0.2) is 4.39 Å². The second-order valence-electron chi connectivity index (χ2n) is 4.68. The van der Waals surface area contributed by atoms with Gasteiger partial charge in [0.25, 0.3) is 5.91 Å². The molecule has 0 atom stereocenters. The van der Waals surface area contributed by atoms with Gasteiger partial charge >= 0.3 is 0 Å². The number of nitrogens with zero attached hydrogens (tertiary/aromatic N) is 1. The molecule has 0 radical (unpaired) electrons. The van der Waals surface area contributed by atoms with Crippen LogP contribution in [0.15, 0.2) is 47.4 Å². The standard InChI is InChI=1S/C16H16FNO2S/c1-18(10-11-4-3-5-12(8-11)20-2)16(19)14-9-13(21)6-7-15(14)17/h3-9,21H,10H2,1-2H3. The summed E-state index contributed by atoms with van der Waals surface area (Å²) in [4.78, 5) is 14.3. The molecule has 0 aliphatic rings. The molecule has 21 heavy (non-hydrogen) atoms. The summed E-state index contributed by atoms with van der Waals surface area (Å²) in [5.74, 6) is -0.210. The summed E-state index contributed by atoms with van der Waals surface area (Å²) in [5.41, 5.74) is 0.931. The molecule has 0 aliphatic heterocycles. The molecular weight excluding hydrogens is 289 g/mol. The summed E-state index contributed by atoms with van der Waals surface area (Å²) in [7, 11) is 3.22. The molecule has 2 rings (SSSR count). The Labute approximate surface area is 128 Å².